The normalized spacial score (nSPS) is 11.0. The Labute approximate surface area is 213 Å². The van der Waals surface area contributed by atoms with E-state index in [-0.39, 0.29) is 0 Å². The lowest BCUT2D eigenvalue weighted by molar-refractivity contribution is 0.415. The van der Waals surface area contributed by atoms with Gasteiger partial charge < -0.3 is 10.1 Å². The van der Waals surface area contributed by atoms with Gasteiger partial charge in [0.25, 0.3) is 0 Å². The highest BCUT2D eigenvalue weighted by atomic mass is 32.2. The molecular weight excluding hydrogens is 464 g/mol. The van der Waals surface area contributed by atoms with Crippen LogP contribution in [0.1, 0.15) is 0 Å². The molecule has 0 amide bonds. The number of anilines is 2. The molecule has 0 saturated heterocycles. The number of nitrogens with zero attached hydrogens (tertiary/aromatic N) is 3. The molecule has 0 atom stereocenters. The fraction of sp³-hybridized carbons (Fsp3) is 0.0333. The summed E-state index contributed by atoms with van der Waals surface area (Å²) in [5.74, 6) is 1.54. The van der Waals surface area contributed by atoms with Gasteiger partial charge in [-0.05, 0) is 42.5 Å². The quantitative estimate of drug-likeness (QED) is 0.260. The Hall–Kier alpha value is -4.42. The average Bonchev–Trinajstić information content (AvgIpc) is 2.94. The molecule has 0 fully saturated rings. The number of aromatic nitrogens is 3. The number of pyridine rings is 1. The maximum atomic E-state index is 5.33. The number of methoxy groups -OCH3 is 1. The average molecular weight is 487 g/mol. The topological polar surface area (TPSA) is 59.9 Å². The van der Waals surface area contributed by atoms with Crippen LogP contribution in [0.15, 0.2) is 119 Å². The van der Waals surface area contributed by atoms with Crippen molar-refractivity contribution in [3.05, 3.63) is 109 Å². The highest BCUT2D eigenvalue weighted by Crippen LogP contribution is 2.35. The lowest BCUT2D eigenvalue weighted by Crippen LogP contribution is -1.99. The van der Waals surface area contributed by atoms with Gasteiger partial charge in [0.15, 0.2) is 5.82 Å². The van der Waals surface area contributed by atoms with Crippen LogP contribution < -0.4 is 10.1 Å². The van der Waals surface area contributed by atoms with Gasteiger partial charge in [-0.15, -0.1) is 10.2 Å². The predicted octanol–water partition coefficient (Wildman–Crippen LogP) is 7.75. The third kappa shape index (κ3) is 4.34. The van der Waals surface area contributed by atoms with E-state index >= 15 is 0 Å². The minimum absolute atomic E-state index is 0.736. The molecule has 2 aromatic heterocycles. The zero-order chi connectivity index (χ0) is 24.3. The van der Waals surface area contributed by atoms with Crippen molar-refractivity contribution < 1.29 is 4.74 Å². The van der Waals surface area contributed by atoms with E-state index in [9.17, 15) is 0 Å². The maximum absolute atomic E-state index is 5.33. The molecule has 0 bridgehead atoms. The van der Waals surface area contributed by atoms with Gasteiger partial charge in [0, 0.05) is 49.5 Å². The summed E-state index contributed by atoms with van der Waals surface area (Å²) in [4.78, 5) is 6.78. The molecule has 2 heterocycles. The highest BCUT2D eigenvalue weighted by molar-refractivity contribution is 7.99. The molecule has 6 rings (SSSR count). The Kier molecular flexibility index (Phi) is 5.93. The number of benzene rings is 4. The number of hydrogen-bond donors (Lipinski definition) is 1. The van der Waals surface area contributed by atoms with Crippen molar-refractivity contribution in [2.75, 3.05) is 12.4 Å². The number of ether oxygens (including phenoxy) is 1. The van der Waals surface area contributed by atoms with Crippen LogP contribution in [0.4, 0.5) is 11.5 Å². The smallest absolute Gasteiger partial charge is 0.161 e. The molecule has 6 aromatic rings. The minimum Gasteiger partial charge on any atom is -0.497 e. The van der Waals surface area contributed by atoms with Gasteiger partial charge >= 0.3 is 0 Å². The Balaban J connectivity index is 1.26. The molecule has 0 radical (unpaired) electrons. The molecule has 0 saturated carbocycles. The zero-order valence-electron chi connectivity index (χ0n) is 19.6. The van der Waals surface area contributed by atoms with Crippen molar-refractivity contribution >= 4 is 44.9 Å². The van der Waals surface area contributed by atoms with Crippen molar-refractivity contribution in [1.29, 1.82) is 0 Å². The first kappa shape index (κ1) is 22.1. The first-order valence-corrected chi connectivity index (χ1v) is 12.4. The van der Waals surface area contributed by atoms with Gasteiger partial charge in [0.05, 0.1) is 12.6 Å². The first-order valence-electron chi connectivity index (χ1n) is 11.6. The molecular formula is C30H22N4OS. The van der Waals surface area contributed by atoms with Crippen molar-refractivity contribution in [2.45, 2.75) is 9.79 Å². The summed E-state index contributed by atoms with van der Waals surface area (Å²) in [6, 6.07) is 34.8. The monoisotopic (exact) mass is 486 g/mol. The Bertz CT molecular complexity index is 1670. The summed E-state index contributed by atoms with van der Waals surface area (Å²) in [5, 5.41) is 15.7. The van der Waals surface area contributed by atoms with Crippen molar-refractivity contribution in [1.82, 2.24) is 15.2 Å². The second-order valence-corrected chi connectivity index (χ2v) is 9.37. The molecule has 0 unspecified atom stereocenters. The highest BCUT2D eigenvalue weighted by Gasteiger charge is 2.11. The van der Waals surface area contributed by atoms with Gasteiger partial charge in [-0.2, -0.15) is 0 Å². The Morgan fingerprint density at radius 3 is 2.31 bits per heavy atom. The van der Waals surface area contributed by atoms with Gasteiger partial charge in [-0.25, -0.2) is 0 Å². The van der Waals surface area contributed by atoms with E-state index in [4.69, 9.17) is 4.74 Å². The van der Waals surface area contributed by atoms with Crippen LogP contribution in [-0.2, 0) is 0 Å². The van der Waals surface area contributed by atoms with Crippen LogP contribution in [0.25, 0.3) is 32.9 Å². The molecule has 6 heteroatoms. The third-order valence-corrected chi connectivity index (χ3v) is 7.07. The SMILES string of the molecule is COc1ccc2c(Sc3ccc(Nc4nnc(-c5ccccc5)c5ccccc45)cc3)ccnc2c1. The van der Waals surface area contributed by atoms with Crippen molar-refractivity contribution in [3.63, 3.8) is 0 Å². The summed E-state index contributed by atoms with van der Waals surface area (Å²) in [7, 11) is 1.67. The van der Waals surface area contributed by atoms with Gasteiger partial charge in [-0.3, -0.25) is 4.98 Å². The summed E-state index contributed by atoms with van der Waals surface area (Å²) >= 11 is 1.71. The van der Waals surface area contributed by atoms with Gasteiger partial charge in [0.1, 0.15) is 11.4 Å². The molecule has 0 spiro atoms. The summed E-state index contributed by atoms with van der Waals surface area (Å²) in [6.07, 6.45) is 1.84. The van der Waals surface area contributed by atoms with Gasteiger partial charge in [-0.1, -0.05) is 66.4 Å². The van der Waals surface area contributed by atoms with E-state index in [0.29, 0.717) is 0 Å². The molecule has 0 aliphatic rings. The summed E-state index contributed by atoms with van der Waals surface area (Å²) in [5.41, 5.74) is 3.81. The second kappa shape index (κ2) is 9.68. The van der Waals surface area contributed by atoms with E-state index in [1.807, 2.05) is 54.7 Å². The van der Waals surface area contributed by atoms with E-state index in [2.05, 4.69) is 75.1 Å². The number of hydrogen-bond acceptors (Lipinski definition) is 6. The van der Waals surface area contributed by atoms with Crippen molar-refractivity contribution in [3.8, 4) is 17.0 Å². The van der Waals surface area contributed by atoms with Crippen LogP contribution in [0.2, 0.25) is 0 Å². The van der Waals surface area contributed by atoms with E-state index in [1.54, 1.807) is 18.9 Å². The molecule has 4 aromatic carbocycles. The van der Waals surface area contributed by atoms with Crippen LogP contribution in [-0.4, -0.2) is 22.3 Å². The lowest BCUT2D eigenvalue weighted by atomic mass is 10.0. The van der Waals surface area contributed by atoms with E-state index < -0.39 is 0 Å². The minimum atomic E-state index is 0.736. The van der Waals surface area contributed by atoms with Gasteiger partial charge in [0.2, 0.25) is 0 Å². The largest absolute Gasteiger partial charge is 0.497 e. The summed E-state index contributed by atoms with van der Waals surface area (Å²) in [6.45, 7) is 0. The van der Waals surface area contributed by atoms with E-state index in [0.717, 1.165) is 60.0 Å². The fourth-order valence-corrected chi connectivity index (χ4v) is 5.13. The first-order chi connectivity index (χ1) is 17.8. The standard InChI is InChI=1S/C30H22N4OS/c1-35-22-13-16-26-27(19-22)31-18-17-28(26)36-23-14-11-21(12-15-23)32-30-25-10-6-5-9-24(25)29(33-34-30)20-7-3-2-4-8-20/h2-19H,1H3,(H,32,34). The molecule has 0 aliphatic carbocycles. The number of fused-ring (bicyclic) bond motifs is 2. The number of nitrogens with one attached hydrogen (secondary N) is 1. The molecule has 1 N–H and O–H groups in total. The fourth-order valence-electron chi connectivity index (χ4n) is 4.19. The van der Waals surface area contributed by atoms with Crippen molar-refractivity contribution in [2.24, 2.45) is 0 Å². The molecule has 5 nitrogen and oxygen atoms in total. The zero-order valence-corrected chi connectivity index (χ0v) is 20.4. The second-order valence-electron chi connectivity index (χ2n) is 8.25. The molecule has 0 aliphatic heterocycles. The molecule has 36 heavy (non-hydrogen) atoms. The van der Waals surface area contributed by atoms with Crippen LogP contribution in [0.5, 0.6) is 5.75 Å². The number of rotatable bonds is 6. The third-order valence-electron chi connectivity index (χ3n) is 5.99. The van der Waals surface area contributed by atoms with Crippen LogP contribution in [0, 0.1) is 0 Å². The summed E-state index contributed by atoms with van der Waals surface area (Å²) < 4.78 is 5.33. The Morgan fingerprint density at radius 2 is 1.50 bits per heavy atom. The van der Waals surface area contributed by atoms with E-state index in [1.165, 1.54) is 0 Å². The predicted molar refractivity (Wildman–Crippen MR) is 147 cm³/mol. The maximum Gasteiger partial charge on any atom is 0.161 e. The van der Waals surface area contributed by atoms with Crippen LogP contribution >= 0.6 is 11.8 Å². The lowest BCUT2D eigenvalue weighted by Gasteiger charge is -2.12. The molecule has 174 valence electrons. The van der Waals surface area contributed by atoms with Crippen LogP contribution in [0.3, 0.4) is 0 Å². The Morgan fingerprint density at radius 1 is 0.722 bits per heavy atom.